The van der Waals surface area contributed by atoms with Gasteiger partial charge in [-0.05, 0) is 117 Å². The second-order valence-electron chi connectivity index (χ2n) is 18.5. The van der Waals surface area contributed by atoms with Crippen LogP contribution in [0.5, 0.6) is 0 Å². The molecule has 7 heteroatoms. The van der Waals surface area contributed by atoms with E-state index in [1.54, 1.807) is 13.0 Å². The van der Waals surface area contributed by atoms with Crippen LogP contribution in [0.15, 0.2) is 36.4 Å². The molecule has 0 aromatic heterocycles. The molecule has 1 N–H and O–H groups in total. The standard InChI is InChI=1S/C41H56O7/c1-24(42)45-32-22-30-36(2,3)31(47-33(43)14-13-25-11-9-8-10-12-25)17-18-38(30,6)29-16-19-40-23-41(40,39(29,32)7)20-15-27(40)26-21-28(46-35(26)44)34-37(4,5)48-34/h8-14,26-32,34-35,44H,15-23H2,1-7H3/b14-13+/t26-,27-,28+,29+,30-,31+,32+,34+,35?,38+,39-,40-,41+/m0/s1. The number of aliphatic hydroxyl groups is 1. The van der Waals surface area contributed by atoms with Crippen LogP contribution in [-0.2, 0) is 28.5 Å². The summed E-state index contributed by atoms with van der Waals surface area (Å²) in [6.07, 6.45) is 11.4. The summed E-state index contributed by atoms with van der Waals surface area (Å²) in [5, 5.41) is 11.3. The quantitative estimate of drug-likeness (QED) is 0.192. The summed E-state index contributed by atoms with van der Waals surface area (Å²) >= 11 is 0. The van der Waals surface area contributed by atoms with Gasteiger partial charge in [-0.1, -0.05) is 58.0 Å². The van der Waals surface area contributed by atoms with E-state index in [1.807, 2.05) is 36.4 Å². The first-order valence-electron chi connectivity index (χ1n) is 18.7. The monoisotopic (exact) mass is 660 g/mol. The van der Waals surface area contributed by atoms with Crippen molar-refractivity contribution in [2.24, 2.45) is 50.7 Å². The van der Waals surface area contributed by atoms with E-state index in [-0.39, 0.29) is 80.9 Å². The number of rotatable bonds is 6. The molecule has 262 valence electrons. The van der Waals surface area contributed by atoms with Gasteiger partial charge in [-0.15, -0.1) is 0 Å². The average Bonchev–Trinajstić information content (AvgIpc) is 3.78. The molecule has 13 atom stereocenters. The molecule has 7 nitrogen and oxygen atoms in total. The van der Waals surface area contributed by atoms with Gasteiger partial charge < -0.3 is 24.1 Å². The summed E-state index contributed by atoms with van der Waals surface area (Å²) in [5.74, 6) is 0.670. The first-order chi connectivity index (χ1) is 22.6. The molecule has 5 aliphatic carbocycles. The van der Waals surface area contributed by atoms with Crippen LogP contribution in [0, 0.1) is 50.7 Å². The van der Waals surface area contributed by atoms with Crippen molar-refractivity contribution in [3.05, 3.63) is 42.0 Å². The minimum absolute atomic E-state index is 0.0369. The van der Waals surface area contributed by atoms with Crippen LogP contribution in [0.2, 0.25) is 0 Å². The van der Waals surface area contributed by atoms with Gasteiger partial charge >= 0.3 is 11.9 Å². The second kappa shape index (κ2) is 10.6. The van der Waals surface area contributed by atoms with Gasteiger partial charge in [0.05, 0.1) is 11.7 Å². The lowest BCUT2D eigenvalue weighted by atomic mass is 9.37. The summed E-state index contributed by atoms with van der Waals surface area (Å²) in [6.45, 7) is 15.3. The van der Waals surface area contributed by atoms with Gasteiger partial charge in [0.2, 0.25) is 0 Å². The maximum absolute atomic E-state index is 13.1. The molecular formula is C41H56O7. The minimum Gasteiger partial charge on any atom is -0.462 e. The van der Waals surface area contributed by atoms with Crippen LogP contribution in [0.3, 0.4) is 0 Å². The van der Waals surface area contributed by atoms with Crippen molar-refractivity contribution in [3.63, 3.8) is 0 Å². The van der Waals surface area contributed by atoms with Crippen LogP contribution >= 0.6 is 0 Å². The fourth-order valence-corrected chi connectivity index (χ4v) is 13.8. The maximum Gasteiger partial charge on any atom is 0.331 e. The molecule has 2 saturated heterocycles. The minimum atomic E-state index is -0.741. The third-order valence-corrected chi connectivity index (χ3v) is 15.9. The molecule has 0 radical (unpaired) electrons. The van der Waals surface area contributed by atoms with Crippen LogP contribution < -0.4 is 0 Å². The van der Waals surface area contributed by atoms with Crippen molar-refractivity contribution in [1.82, 2.24) is 0 Å². The van der Waals surface area contributed by atoms with E-state index in [4.69, 9.17) is 18.9 Å². The zero-order valence-corrected chi connectivity index (χ0v) is 30.0. The Labute approximate surface area is 286 Å². The van der Waals surface area contributed by atoms with Crippen molar-refractivity contribution in [1.29, 1.82) is 0 Å². The van der Waals surface area contributed by atoms with Gasteiger partial charge in [0.15, 0.2) is 6.29 Å². The zero-order valence-electron chi connectivity index (χ0n) is 30.0. The molecule has 8 rings (SSSR count). The van der Waals surface area contributed by atoms with Gasteiger partial charge in [-0.2, -0.15) is 0 Å². The van der Waals surface area contributed by atoms with Gasteiger partial charge in [0.1, 0.15) is 18.3 Å². The topological polar surface area (TPSA) is 94.6 Å². The number of carbonyl (C=O) groups is 2. The highest BCUT2D eigenvalue weighted by Gasteiger charge is 2.86. The van der Waals surface area contributed by atoms with E-state index in [9.17, 15) is 14.7 Å². The Morgan fingerprint density at radius 3 is 2.31 bits per heavy atom. The van der Waals surface area contributed by atoms with Crippen LogP contribution in [0.4, 0.5) is 0 Å². The van der Waals surface area contributed by atoms with Crippen molar-refractivity contribution in [2.75, 3.05) is 0 Å². The van der Waals surface area contributed by atoms with E-state index >= 15 is 0 Å². The highest BCUT2D eigenvalue weighted by atomic mass is 16.7. The number of fused-ring (bicyclic) bond motifs is 3. The van der Waals surface area contributed by atoms with Gasteiger partial charge in [0.25, 0.3) is 0 Å². The number of epoxide rings is 1. The number of ether oxygens (including phenoxy) is 4. The molecule has 1 aromatic rings. The third-order valence-electron chi connectivity index (χ3n) is 15.9. The Kier molecular flexibility index (Phi) is 7.31. The van der Waals surface area contributed by atoms with Crippen molar-refractivity contribution < 1.29 is 33.6 Å². The van der Waals surface area contributed by atoms with Crippen LogP contribution in [0.25, 0.3) is 6.08 Å². The fraction of sp³-hybridized carbons (Fsp3) is 0.756. The molecule has 48 heavy (non-hydrogen) atoms. The fourth-order valence-electron chi connectivity index (χ4n) is 13.8. The van der Waals surface area contributed by atoms with E-state index in [2.05, 4.69) is 41.5 Å². The summed E-state index contributed by atoms with van der Waals surface area (Å²) in [7, 11) is 0. The highest BCUT2D eigenvalue weighted by Crippen LogP contribution is 2.91. The molecule has 2 heterocycles. The molecule has 0 amide bonds. The third kappa shape index (κ3) is 4.48. The molecule has 7 fully saturated rings. The number of aliphatic hydroxyl groups excluding tert-OH is 1. The predicted molar refractivity (Wildman–Crippen MR) is 181 cm³/mol. The van der Waals surface area contributed by atoms with Crippen molar-refractivity contribution in [3.8, 4) is 0 Å². The van der Waals surface area contributed by atoms with E-state index in [0.29, 0.717) is 11.8 Å². The maximum atomic E-state index is 13.1. The summed E-state index contributed by atoms with van der Waals surface area (Å²) in [5.41, 5.74) is 0.670. The van der Waals surface area contributed by atoms with E-state index in [0.717, 1.165) is 63.4 Å². The lowest BCUT2D eigenvalue weighted by molar-refractivity contribution is -0.251. The Morgan fingerprint density at radius 2 is 1.62 bits per heavy atom. The Morgan fingerprint density at radius 1 is 0.896 bits per heavy atom. The Hall–Kier alpha value is -2.22. The molecular weight excluding hydrogens is 604 g/mol. The van der Waals surface area contributed by atoms with Crippen molar-refractivity contribution >= 4 is 18.0 Å². The second-order valence-corrected chi connectivity index (χ2v) is 18.5. The molecule has 5 saturated carbocycles. The Bertz CT molecular complexity index is 1500. The largest absolute Gasteiger partial charge is 0.462 e. The molecule has 1 aromatic carbocycles. The summed E-state index contributed by atoms with van der Waals surface area (Å²) < 4.78 is 24.9. The van der Waals surface area contributed by atoms with Gasteiger partial charge in [-0.3, -0.25) is 4.79 Å². The predicted octanol–water partition coefficient (Wildman–Crippen LogP) is 7.49. The lowest BCUT2D eigenvalue weighted by Gasteiger charge is -2.68. The van der Waals surface area contributed by atoms with E-state index < -0.39 is 6.29 Å². The number of esters is 2. The summed E-state index contributed by atoms with van der Waals surface area (Å²) in [4.78, 5) is 26.0. The number of hydrogen-bond donors (Lipinski definition) is 1. The van der Waals surface area contributed by atoms with Crippen molar-refractivity contribution in [2.45, 2.75) is 143 Å². The number of benzene rings is 1. The van der Waals surface area contributed by atoms with Crippen LogP contribution in [-0.4, -0.2) is 53.4 Å². The molecule has 2 aliphatic heterocycles. The normalized spacial score (nSPS) is 49.3. The van der Waals surface area contributed by atoms with E-state index in [1.165, 1.54) is 0 Å². The smallest absolute Gasteiger partial charge is 0.331 e. The van der Waals surface area contributed by atoms with Crippen LogP contribution in [0.1, 0.15) is 112 Å². The number of hydrogen-bond acceptors (Lipinski definition) is 7. The molecule has 0 bridgehead atoms. The highest BCUT2D eigenvalue weighted by molar-refractivity contribution is 5.87. The first kappa shape index (κ1) is 33.0. The van der Waals surface area contributed by atoms with Gasteiger partial charge in [-0.25, -0.2) is 4.79 Å². The number of carbonyl (C=O) groups excluding carboxylic acids is 2. The molecule has 7 aliphatic rings. The lowest BCUT2D eigenvalue weighted by Crippen LogP contribution is -2.67. The first-order valence-corrected chi connectivity index (χ1v) is 18.7. The Balaban J connectivity index is 1.06. The SMILES string of the molecule is CC(=O)O[C@@H]1C[C@H]2C(C)(C)[C@H](OC(=O)/C=C/c3ccccc3)CC[C@]2(C)[C@H]2CC[C@@]34C[C@]3(CC[C@H]4[C@@H]3C[C@H]([C@H]4OC4(C)C)OC3O)[C@@]21C. The molecule has 0 spiro atoms. The zero-order chi connectivity index (χ0) is 34.1. The average molecular weight is 661 g/mol. The summed E-state index contributed by atoms with van der Waals surface area (Å²) in [6, 6.07) is 9.83. The molecule has 1 unspecified atom stereocenters. The van der Waals surface area contributed by atoms with Gasteiger partial charge in [0, 0.05) is 29.7 Å².